The van der Waals surface area contributed by atoms with Crippen molar-refractivity contribution in [2.24, 2.45) is 0 Å². The molecular weight excluding hydrogens is 386 g/mol. The fourth-order valence-electron chi connectivity index (χ4n) is 3.52. The number of phenols is 1. The van der Waals surface area contributed by atoms with Crippen molar-refractivity contribution >= 4 is 17.4 Å². The van der Waals surface area contributed by atoms with E-state index in [1.807, 2.05) is 6.92 Å². The first-order chi connectivity index (χ1) is 14.5. The third kappa shape index (κ3) is 4.31. The summed E-state index contributed by atoms with van der Waals surface area (Å²) in [4.78, 5) is 27.1. The minimum atomic E-state index is -0.756. The number of nitrogens with zero attached hydrogens (tertiary/aromatic N) is 1. The average Bonchev–Trinajstić information content (AvgIpc) is 3.00. The summed E-state index contributed by atoms with van der Waals surface area (Å²) in [7, 11) is 1.57. The molecule has 0 saturated carbocycles. The molecule has 1 amide bonds. The highest BCUT2D eigenvalue weighted by atomic mass is 16.5. The van der Waals surface area contributed by atoms with E-state index in [1.165, 1.54) is 17.0 Å². The molecule has 0 spiro atoms. The van der Waals surface area contributed by atoms with Gasteiger partial charge in [0.05, 0.1) is 18.2 Å². The monoisotopic (exact) mass is 411 g/mol. The number of likely N-dealkylation sites (tertiary alicyclic amines) is 1. The van der Waals surface area contributed by atoms with Crippen LogP contribution in [0.2, 0.25) is 0 Å². The minimum absolute atomic E-state index is 0.0206. The number of hydrogen-bond donors (Lipinski definition) is 2. The van der Waals surface area contributed by atoms with Crippen LogP contribution in [0.5, 0.6) is 11.5 Å². The van der Waals surface area contributed by atoms with Crippen molar-refractivity contribution < 1.29 is 29.3 Å². The van der Waals surface area contributed by atoms with E-state index in [1.54, 1.807) is 43.5 Å². The second kappa shape index (κ2) is 9.45. The lowest BCUT2D eigenvalue weighted by Gasteiger charge is -2.25. The Balaban J connectivity index is 2.06. The summed E-state index contributed by atoms with van der Waals surface area (Å²) >= 11 is 0. The van der Waals surface area contributed by atoms with Gasteiger partial charge in [-0.3, -0.25) is 9.59 Å². The van der Waals surface area contributed by atoms with Crippen molar-refractivity contribution in [3.05, 3.63) is 65.2 Å². The predicted molar refractivity (Wildman–Crippen MR) is 111 cm³/mol. The molecule has 2 aromatic rings. The second-order valence-corrected chi connectivity index (χ2v) is 6.89. The van der Waals surface area contributed by atoms with Crippen molar-refractivity contribution in [3.8, 4) is 11.5 Å². The molecule has 1 aliphatic heterocycles. The van der Waals surface area contributed by atoms with Crippen molar-refractivity contribution in [2.75, 3.05) is 26.9 Å². The molecule has 1 atom stereocenters. The van der Waals surface area contributed by atoms with Crippen LogP contribution < -0.4 is 4.74 Å². The maximum atomic E-state index is 12.9. The van der Waals surface area contributed by atoms with E-state index >= 15 is 0 Å². The maximum Gasteiger partial charge on any atom is 0.295 e. The number of benzene rings is 2. The van der Waals surface area contributed by atoms with Gasteiger partial charge in [-0.2, -0.15) is 0 Å². The number of methoxy groups -OCH3 is 1. The van der Waals surface area contributed by atoms with E-state index in [0.717, 1.165) is 0 Å². The van der Waals surface area contributed by atoms with Gasteiger partial charge in [-0.1, -0.05) is 12.1 Å². The second-order valence-electron chi connectivity index (χ2n) is 6.89. The van der Waals surface area contributed by atoms with Crippen molar-refractivity contribution in [3.63, 3.8) is 0 Å². The molecule has 0 bridgehead atoms. The summed E-state index contributed by atoms with van der Waals surface area (Å²) in [6.07, 6.45) is 0.543. The van der Waals surface area contributed by atoms with Gasteiger partial charge in [0.25, 0.3) is 11.7 Å². The van der Waals surface area contributed by atoms with Gasteiger partial charge < -0.3 is 24.6 Å². The molecule has 0 radical (unpaired) electrons. The lowest BCUT2D eigenvalue weighted by atomic mass is 9.95. The number of aliphatic hydroxyl groups excluding tert-OH is 1. The Hall–Kier alpha value is -3.32. The van der Waals surface area contributed by atoms with E-state index in [4.69, 9.17) is 9.47 Å². The Labute approximate surface area is 175 Å². The summed E-state index contributed by atoms with van der Waals surface area (Å²) in [5, 5.41) is 20.6. The third-order valence-electron chi connectivity index (χ3n) is 4.94. The molecule has 7 nitrogen and oxygen atoms in total. The fourth-order valence-corrected chi connectivity index (χ4v) is 3.52. The minimum Gasteiger partial charge on any atom is -0.508 e. The molecule has 30 heavy (non-hydrogen) atoms. The molecule has 1 heterocycles. The topological polar surface area (TPSA) is 96.3 Å². The standard InChI is InChI=1S/C23H25NO6/c1-3-30-18-11-7-16(8-12-18)21(26)19-20(15-5-9-17(25)10-6-15)24(13-4-14-29-2)23(28)22(19)27/h5-12,20,25-26H,3-4,13-14H2,1-2H3/t20-/m1/s1. The first kappa shape index (κ1) is 21.4. The number of Topliss-reactive ketones (excluding diaryl/α,β-unsaturated/α-hetero) is 1. The molecule has 7 heteroatoms. The van der Waals surface area contributed by atoms with E-state index in [9.17, 15) is 19.8 Å². The average molecular weight is 411 g/mol. The third-order valence-corrected chi connectivity index (χ3v) is 4.94. The van der Waals surface area contributed by atoms with Gasteiger partial charge in [0.1, 0.15) is 17.3 Å². The Morgan fingerprint density at radius 3 is 2.33 bits per heavy atom. The van der Waals surface area contributed by atoms with Gasteiger partial charge in [-0.25, -0.2) is 0 Å². The quantitative estimate of drug-likeness (QED) is 0.300. The van der Waals surface area contributed by atoms with Gasteiger partial charge in [0, 0.05) is 25.8 Å². The molecule has 2 aromatic carbocycles. The zero-order valence-corrected chi connectivity index (χ0v) is 17.0. The number of rotatable bonds is 8. The van der Waals surface area contributed by atoms with Crippen molar-refractivity contribution in [1.29, 1.82) is 0 Å². The number of carbonyl (C=O) groups is 2. The molecule has 2 N–H and O–H groups in total. The van der Waals surface area contributed by atoms with Crippen LogP contribution in [0.1, 0.15) is 30.5 Å². The Kier molecular flexibility index (Phi) is 6.74. The zero-order valence-electron chi connectivity index (χ0n) is 17.0. The highest BCUT2D eigenvalue weighted by Gasteiger charge is 2.45. The number of hydrogen-bond acceptors (Lipinski definition) is 6. The molecule has 158 valence electrons. The van der Waals surface area contributed by atoms with Crippen LogP contribution in [-0.4, -0.2) is 53.7 Å². The molecule has 1 aliphatic rings. The van der Waals surface area contributed by atoms with Gasteiger partial charge >= 0.3 is 0 Å². The fraction of sp³-hybridized carbons (Fsp3) is 0.304. The SMILES string of the molecule is CCOc1ccc(C(O)=C2C(=O)C(=O)N(CCCOC)[C@@H]2c2ccc(O)cc2)cc1. The molecule has 3 rings (SSSR count). The lowest BCUT2D eigenvalue weighted by Crippen LogP contribution is -2.31. The summed E-state index contributed by atoms with van der Waals surface area (Å²) in [6, 6.07) is 12.2. The van der Waals surface area contributed by atoms with Gasteiger partial charge in [0.2, 0.25) is 0 Å². The summed E-state index contributed by atoms with van der Waals surface area (Å²) < 4.78 is 10.5. The summed E-state index contributed by atoms with van der Waals surface area (Å²) in [5.41, 5.74) is 1.06. The smallest absolute Gasteiger partial charge is 0.295 e. The molecule has 0 aromatic heterocycles. The van der Waals surface area contributed by atoms with Crippen molar-refractivity contribution in [1.82, 2.24) is 4.90 Å². The predicted octanol–water partition coefficient (Wildman–Crippen LogP) is 3.25. The largest absolute Gasteiger partial charge is 0.508 e. The zero-order chi connectivity index (χ0) is 21.7. The normalized spacial score (nSPS) is 18.1. The molecule has 1 fully saturated rings. The Morgan fingerprint density at radius 2 is 1.73 bits per heavy atom. The van der Waals surface area contributed by atoms with Crippen LogP contribution in [0.3, 0.4) is 0 Å². The van der Waals surface area contributed by atoms with Crippen LogP contribution in [0, 0.1) is 0 Å². The first-order valence-electron chi connectivity index (χ1n) is 9.77. The number of aromatic hydroxyl groups is 1. The van der Waals surface area contributed by atoms with Gasteiger partial charge in [-0.05, 0) is 55.3 Å². The molecule has 0 aliphatic carbocycles. The molecule has 1 saturated heterocycles. The lowest BCUT2D eigenvalue weighted by molar-refractivity contribution is -0.140. The number of phenolic OH excluding ortho intramolecular Hbond substituents is 1. The number of aliphatic hydroxyl groups is 1. The van der Waals surface area contributed by atoms with Gasteiger partial charge in [0.15, 0.2) is 0 Å². The maximum absolute atomic E-state index is 12.9. The first-order valence-corrected chi connectivity index (χ1v) is 9.77. The van der Waals surface area contributed by atoms with E-state index in [0.29, 0.717) is 43.1 Å². The number of carbonyl (C=O) groups excluding carboxylic acids is 2. The molecular formula is C23H25NO6. The summed E-state index contributed by atoms with van der Waals surface area (Å²) in [6.45, 7) is 3.11. The number of ether oxygens (including phenoxy) is 2. The van der Waals surface area contributed by atoms with Gasteiger partial charge in [-0.15, -0.1) is 0 Å². The number of amides is 1. The van der Waals surface area contributed by atoms with E-state index < -0.39 is 17.7 Å². The van der Waals surface area contributed by atoms with Crippen molar-refractivity contribution in [2.45, 2.75) is 19.4 Å². The molecule has 0 unspecified atom stereocenters. The Morgan fingerprint density at radius 1 is 1.07 bits per heavy atom. The highest BCUT2D eigenvalue weighted by molar-refractivity contribution is 6.46. The van der Waals surface area contributed by atoms with Crippen LogP contribution in [0.25, 0.3) is 5.76 Å². The van der Waals surface area contributed by atoms with E-state index in [-0.39, 0.29) is 17.1 Å². The van der Waals surface area contributed by atoms with E-state index in [2.05, 4.69) is 0 Å². The van der Waals surface area contributed by atoms with Crippen LogP contribution in [0.4, 0.5) is 0 Å². The Bertz CT molecular complexity index is 933. The highest BCUT2D eigenvalue weighted by Crippen LogP contribution is 2.40. The van der Waals surface area contributed by atoms with Crippen LogP contribution in [-0.2, 0) is 14.3 Å². The summed E-state index contributed by atoms with van der Waals surface area (Å²) in [5.74, 6) is -0.942. The van der Waals surface area contributed by atoms with Crippen LogP contribution >= 0.6 is 0 Å². The van der Waals surface area contributed by atoms with Crippen LogP contribution in [0.15, 0.2) is 54.1 Å². The number of ketones is 1.